The summed E-state index contributed by atoms with van der Waals surface area (Å²) < 4.78 is 30.1. The first kappa shape index (κ1) is 19.5. The van der Waals surface area contributed by atoms with Crippen LogP contribution in [0.4, 0.5) is 0 Å². The quantitative estimate of drug-likeness (QED) is 0.607. The van der Waals surface area contributed by atoms with Gasteiger partial charge in [0.15, 0.2) is 6.61 Å². The van der Waals surface area contributed by atoms with Crippen LogP contribution in [0.25, 0.3) is 5.70 Å². The molecular weight excluding hydrogens is 354 g/mol. The van der Waals surface area contributed by atoms with Crippen LogP contribution in [0.1, 0.15) is 16.7 Å². The number of sulfonamides is 1. The highest BCUT2D eigenvalue weighted by molar-refractivity contribution is 7.89. The van der Waals surface area contributed by atoms with Crippen molar-refractivity contribution in [3.05, 3.63) is 65.7 Å². The standard InChI is InChI=1S/C18H21N3O4S/c1-12-4-5-13(2)17(10-12)26(23,24)21-20-14(3)15-6-8-16(9-7-15)25-11-18(19)22/h4-10,20-21H,3,11H2,1-2H3,(H2,19,22). The van der Waals surface area contributed by atoms with Gasteiger partial charge in [0, 0.05) is 5.70 Å². The zero-order valence-electron chi connectivity index (χ0n) is 14.6. The fraction of sp³-hybridized carbons (Fsp3) is 0.167. The Morgan fingerprint density at radius 1 is 1.15 bits per heavy atom. The minimum absolute atomic E-state index is 0.202. The van der Waals surface area contributed by atoms with Crippen LogP contribution in [0.2, 0.25) is 0 Å². The number of amides is 1. The number of ether oxygens (including phenoxy) is 1. The predicted molar refractivity (Wildman–Crippen MR) is 99.5 cm³/mol. The predicted octanol–water partition coefficient (Wildman–Crippen LogP) is 1.62. The molecule has 2 aromatic rings. The van der Waals surface area contributed by atoms with Crippen molar-refractivity contribution in [3.63, 3.8) is 0 Å². The number of carbonyl (C=O) groups excluding carboxylic acids is 1. The van der Waals surface area contributed by atoms with E-state index in [1.54, 1.807) is 43.3 Å². The van der Waals surface area contributed by atoms with E-state index in [2.05, 4.69) is 16.8 Å². The fourth-order valence-electron chi connectivity index (χ4n) is 2.16. The average Bonchev–Trinajstić information content (AvgIpc) is 2.60. The zero-order chi connectivity index (χ0) is 19.3. The molecule has 7 nitrogen and oxygen atoms in total. The average molecular weight is 375 g/mol. The van der Waals surface area contributed by atoms with E-state index in [0.29, 0.717) is 22.6 Å². The second-order valence-electron chi connectivity index (χ2n) is 5.76. The number of hydrazine groups is 1. The number of aryl methyl sites for hydroxylation is 2. The molecular formula is C18H21N3O4S. The summed E-state index contributed by atoms with van der Waals surface area (Å²) in [5, 5.41) is 0. The number of benzene rings is 2. The van der Waals surface area contributed by atoms with Crippen LogP contribution in [-0.2, 0) is 14.8 Å². The van der Waals surface area contributed by atoms with Gasteiger partial charge in [0.1, 0.15) is 5.75 Å². The Kier molecular flexibility index (Phi) is 6.01. The van der Waals surface area contributed by atoms with Crippen molar-refractivity contribution in [1.82, 2.24) is 10.3 Å². The third-order valence-electron chi connectivity index (χ3n) is 3.55. The minimum atomic E-state index is -3.74. The lowest BCUT2D eigenvalue weighted by atomic mass is 10.2. The highest BCUT2D eigenvalue weighted by atomic mass is 32.2. The van der Waals surface area contributed by atoms with E-state index in [9.17, 15) is 13.2 Å². The van der Waals surface area contributed by atoms with Gasteiger partial charge in [0.25, 0.3) is 15.9 Å². The van der Waals surface area contributed by atoms with Crippen LogP contribution >= 0.6 is 0 Å². The SMILES string of the molecule is C=C(NNS(=O)(=O)c1cc(C)ccc1C)c1ccc(OCC(N)=O)cc1. The highest BCUT2D eigenvalue weighted by Gasteiger charge is 2.17. The lowest BCUT2D eigenvalue weighted by Gasteiger charge is -2.14. The molecule has 0 unspecified atom stereocenters. The van der Waals surface area contributed by atoms with Crippen LogP contribution in [0.5, 0.6) is 5.75 Å². The molecule has 0 aliphatic heterocycles. The molecule has 0 fully saturated rings. The van der Waals surface area contributed by atoms with Gasteiger partial charge in [0.05, 0.1) is 4.90 Å². The molecule has 0 aromatic heterocycles. The van der Waals surface area contributed by atoms with Gasteiger partial charge in [-0.15, -0.1) is 4.83 Å². The van der Waals surface area contributed by atoms with E-state index in [-0.39, 0.29) is 11.5 Å². The van der Waals surface area contributed by atoms with Gasteiger partial charge in [0.2, 0.25) is 0 Å². The van der Waals surface area contributed by atoms with Gasteiger partial charge in [-0.3, -0.25) is 4.79 Å². The van der Waals surface area contributed by atoms with Crippen LogP contribution in [-0.4, -0.2) is 20.9 Å². The topological polar surface area (TPSA) is 111 Å². The molecule has 0 radical (unpaired) electrons. The zero-order valence-corrected chi connectivity index (χ0v) is 15.4. The fourth-order valence-corrected chi connectivity index (χ4v) is 3.36. The summed E-state index contributed by atoms with van der Waals surface area (Å²) in [5.74, 6) is -0.0997. The Labute approximate surface area is 152 Å². The maximum absolute atomic E-state index is 12.5. The summed E-state index contributed by atoms with van der Waals surface area (Å²) >= 11 is 0. The van der Waals surface area contributed by atoms with Crippen LogP contribution < -0.4 is 20.7 Å². The summed E-state index contributed by atoms with van der Waals surface area (Å²) in [4.78, 5) is 13.2. The molecule has 26 heavy (non-hydrogen) atoms. The molecule has 0 aliphatic rings. The maximum atomic E-state index is 12.5. The van der Waals surface area contributed by atoms with Crippen LogP contribution in [0, 0.1) is 13.8 Å². The second kappa shape index (κ2) is 8.03. The normalized spacial score (nSPS) is 11.0. The van der Waals surface area contributed by atoms with Crippen LogP contribution in [0.15, 0.2) is 53.9 Å². The van der Waals surface area contributed by atoms with Crippen molar-refractivity contribution in [1.29, 1.82) is 0 Å². The van der Waals surface area contributed by atoms with E-state index in [1.807, 2.05) is 13.0 Å². The number of nitrogens with one attached hydrogen (secondary N) is 2. The first-order valence-electron chi connectivity index (χ1n) is 7.74. The van der Waals surface area contributed by atoms with Crippen LogP contribution in [0.3, 0.4) is 0 Å². The molecule has 2 rings (SSSR count). The highest BCUT2D eigenvalue weighted by Crippen LogP contribution is 2.18. The molecule has 0 atom stereocenters. The van der Waals surface area contributed by atoms with E-state index in [1.165, 1.54) is 0 Å². The van der Waals surface area contributed by atoms with Crippen molar-refractivity contribution in [2.24, 2.45) is 5.73 Å². The van der Waals surface area contributed by atoms with Gasteiger partial charge in [-0.1, -0.05) is 18.7 Å². The molecule has 2 aromatic carbocycles. The lowest BCUT2D eigenvalue weighted by molar-refractivity contribution is -0.119. The van der Waals surface area contributed by atoms with E-state index in [0.717, 1.165) is 5.56 Å². The number of rotatable bonds is 8. The van der Waals surface area contributed by atoms with Crippen molar-refractivity contribution in [2.75, 3.05) is 6.61 Å². The Morgan fingerprint density at radius 3 is 2.42 bits per heavy atom. The Hall–Kier alpha value is -2.84. The van der Waals surface area contributed by atoms with E-state index in [4.69, 9.17) is 10.5 Å². The van der Waals surface area contributed by atoms with Gasteiger partial charge in [-0.25, -0.2) is 8.42 Å². The largest absolute Gasteiger partial charge is 0.484 e. The molecule has 0 spiro atoms. The number of carbonyl (C=O) groups is 1. The van der Waals surface area contributed by atoms with Crippen molar-refractivity contribution in [2.45, 2.75) is 18.7 Å². The molecule has 0 saturated heterocycles. The molecule has 8 heteroatoms. The molecule has 0 aliphatic carbocycles. The molecule has 0 bridgehead atoms. The number of nitrogens with two attached hydrogens (primary N) is 1. The van der Waals surface area contributed by atoms with Gasteiger partial charge >= 0.3 is 0 Å². The Morgan fingerprint density at radius 2 is 1.81 bits per heavy atom. The third kappa shape index (κ3) is 5.08. The van der Waals surface area contributed by atoms with Gasteiger partial charge in [-0.05, 0) is 60.9 Å². The summed E-state index contributed by atoms with van der Waals surface area (Å²) in [5.41, 5.74) is 10.1. The molecule has 0 saturated carbocycles. The Balaban J connectivity index is 2.03. The van der Waals surface area contributed by atoms with E-state index >= 15 is 0 Å². The summed E-state index contributed by atoms with van der Waals surface area (Å²) in [6, 6.07) is 11.8. The molecule has 138 valence electrons. The summed E-state index contributed by atoms with van der Waals surface area (Å²) in [6.45, 7) is 7.15. The maximum Gasteiger partial charge on any atom is 0.257 e. The minimum Gasteiger partial charge on any atom is -0.484 e. The number of hydrogen-bond donors (Lipinski definition) is 3. The van der Waals surface area contributed by atoms with Crippen molar-refractivity contribution >= 4 is 21.6 Å². The summed E-state index contributed by atoms with van der Waals surface area (Å²) in [7, 11) is -3.74. The molecule has 4 N–H and O–H groups in total. The van der Waals surface area contributed by atoms with Gasteiger partial charge in [-0.2, -0.15) is 0 Å². The van der Waals surface area contributed by atoms with E-state index < -0.39 is 15.9 Å². The second-order valence-corrected chi connectivity index (χ2v) is 7.41. The lowest BCUT2D eigenvalue weighted by Crippen LogP contribution is -2.36. The van der Waals surface area contributed by atoms with Crippen molar-refractivity contribution in [3.8, 4) is 5.75 Å². The summed E-state index contributed by atoms with van der Waals surface area (Å²) in [6.07, 6.45) is 0. The smallest absolute Gasteiger partial charge is 0.257 e. The van der Waals surface area contributed by atoms with Gasteiger partial charge < -0.3 is 15.9 Å². The molecule has 1 amide bonds. The Bertz CT molecular complexity index is 922. The van der Waals surface area contributed by atoms with Crippen molar-refractivity contribution < 1.29 is 17.9 Å². The third-order valence-corrected chi connectivity index (χ3v) is 4.94. The number of primary amides is 1. The first-order chi connectivity index (χ1) is 12.2. The monoisotopic (exact) mass is 375 g/mol. The first-order valence-corrected chi connectivity index (χ1v) is 9.23. The molecule has 0 heterocycles. The number of hydrogen-bond acceptors (Lipinski definition) is 5.